The summed E-state index contributed by atoms with van der Waals surface area (Å²) in [5, 5.41) is 7.84. The highest BCUT2D eigenvalue weighted by Crippen LogP contribution is 2.36. The third-order valence-corrected chi connectivity index (χ3v) is 4.44. The smallest absolute Gasteiger partial charge is 0.314 e. The van der Waals surface area contributed by atoms with Gasteiger partial charge in [-0.1, -0.05) is 60.7 Å². The topological polar surface area (TPSA) is 74.7 Å². The Bertz CT molecular complexity index is 949. The zero-order valence-corrected chi connectivity index (χ0v) is 14.3. The number of benzene rings is 2. The van der Waals surface area contributed by atoms with E-state index < -0.39 is 17.5 Å². The molecular formula is C21H16N4O2. The molecule has 1 aliphatic rings. The van der Waals surface area contributed by atoms with Gasteiger partial charge >= 0.3 is 6.03 Å². The average Bonchev–Trinajstić information content (AvgIpc) is 2.99. The van der Waals surface area contributed by atoms with Crippen molar-refractivity contribution in [2.75, 3.05) is 0 Å². The van der Waals surface area contributed by atoms with E-state index in [0.717, 1.165) is 10.6 Å². The maximum absolute atomic E-state index is 13.4. The number of urea groups is 1. The van der Waals surface area contributed by atoms with E-state index in [2.05, 4.69) is 15.4 Å². The lowest BCUT2D eigenvalue weighted by Crippen LogP contribution is -2.44. The van der Waals surface area contributed by atoms with Gasteiger partial charge in [-0.05, 0) is 28.8 Å². The fraction of sp³-hybridized carbons (Fsp3) is 0.0476. The van der Waals surface area contributed by atoms with E-state index >= 15 is 0 Å². The molecule has 3 aromatic rings. The van der Waals surface area contributed by atoms with Crippen LogP contribution >= 0.6 is 0 Å². The molecule has 0 radical (unpaired) electrons. The summed E-state index contributed by atoms with van der Waals surface area (Å²) in [7, 11) is 0. The summed E-state index contributed by atoms with van der Waals surface area (Å²) in [4.78, 5) is 29.9. The summed E-state index contributed by atoms with van der Waals surface area (Å²) < 4.78 is 0. The van der Waals surface area contributed by atoms with E-state index in [1.807, 2.05) is 60.7 Å². The summed E-state index contributed by atoms with van der Waals surface area (Å²) in [5.41, 5.74) is 0.782. The van der Waals surface area contributed by atoms with E-state index in [9.17, 15) is 9.59 Å². The first-order valence-corrected chi connectivity index (χ1v) is 8.43. The first-order chi connectivity index (χ1) is 13.2. The standard InChI is InChI=1S/C21H16N4O2/c26-19-21(17-7-3-1-4-8-17,18-9-5-2-6-10-18)24-20(27)25(19)23-15-16-11-13-22-14-12-16/h1-15H,(H,24,27)/b23-15-. The first-order valence-electron chi connectivity index (χ1n) is 8.43. The number of nitrogens with one attached hydrogen (secondary N) is 1. The van der Waals surface area contributed by atoms with Gasteiger partial charge in [0.2, 0.25) is 0 Å². The molecular weight excluding hydrogens is 340 g/mol. The van der Waals surface area contributed by atoms with Gasteiger partial charge in [-0.3, -0.25) is 9.78 Å². The molecule has 6 nitrogen and oxygen atoms in total. The van der Waals surface area contributed by atoms with Crippen LogP contribution in [0.25, 0.3) is 0 Å². The normalized spacial score (nSPS) is 15.9. The molecule has 132 valence electrons. The third-order valence-electron chi connectivity index (χ3n) is 4.44. The fourth-order valence-electron chi connectivity index (χ4n) is 3.13. The highest BCUT2D eigenvalue weighted by Gasteiger charge is 2.54. The second-order valence-corrected chi connectivity index (χ2v) is 6.05. The van der Waals surface area contributed by atoms with E-state index in [0.29, 0.717) is 11.1 Å². The number of amides is 3. The van der Waals surface area contributed by atoms with Crippen molar-refractivity contribution in [1.82, 2.24) is 15.3 Å². The van der Waals surface area contributed by atoms with Crippen LogP contribution in [-0.2, 0) is 10.3 Å². The van der Waals surface area contributed by atoms with Crippen molar-refractivity contribution in [3.63, 3.8) is 0 Å². The molecule has 2 aromatic carbocycles. The fourth-order valence-corrected chi connectivity index (χ4v) is 3.13. The minimum absolute atomic E-state index is 0.449. The van der Waals surface area contributed by atoms with Crippen molar-refractivity contribution in [2.24, 2.45) is 5.10 Å². The van der Waals surface area contributed by atoms with Crippen LogP contribution in [0.4, 0.5) is 4.79 Å². The minimum atomic E-state index is -1.31. The number of hydrogen-bond donors (Lipinski definition) is 1. The molecule has 1 aromatic heterocycles. The molecule has 0 bridgehead atoms. The lowest BCUT2D eigenvalue weighted by atomic mass is 9.83. The zero-order chi connectivity index (χ0) is 18.7. The minimum Gasteiger partial charge on any atom is -0.314 e. The van der Waals surface area contributed by atoms with Crippen LogP contribution in [-0.4, -0.2) is 28.1 Å². The van der Waals surface area contributed by atoms with Crippen molar-refractivity contribution in [3.05, 3.63) is 102 Å². The lowest BCUT2D eigenvalue weighted by molar-refractivity contribution is -0.130. The van der Waals surface area contributed by atoms with Crippen LogP contribution in [0.15, 0.2) is 90.3 Å². The highest BCUT2D eigenvalue weighted by atomic mass is 16.2. The maximum Gasteiger partial charge on any atom is 0.346 e. The van der Waals surface area contributed by atoms with Gasteiger partial charge in [0.05, 0.1) is 6.21 Å². The Kier molecular flexibility index (Phi) is 4.22. The summed E-state index contributed by atoms with van der Waals surface area (Å²) in [6, 6.07) is 21.3. The van der Waals surface area contributed by atoms with Crippen LogP contribution < -0.4 is 5.32 Å². The second kappa shape index (κ2) is 6.84. The predicted octanol–water partition coefficient (Wildman–Crippen LogP) is 2.91. The molecule has 6 heteroatoms. The molecule has 2 heterocycles. The SMILES string of the molecule is O=C1NC(c2ccccc2)(c2ccccc2)C(=O)N1/N=C\c1ccncc1. The van der Waals surface area contributed by atoms with Crippen molar-refractivity contribution in [3.8, 4) is 0 Å². The van der Waals surface area contributed by atoms with Gasteiger partial charge in [-0.2, -0.15) is 5.10 Å². The monoisotopic (exact) mass is 356 g/mol. The van der Waals surface area contributed by atoms with Gasteiger partial charge in [-0.25, -0.2) is 4.79 Å². The van der Waals surface area contributed by atoms with Gasteiger partial charge in [-0.15, -0.1) is 5.01 Å². The van der Waals surface area contributed by atoms with E-state index in [1.165, 1.54) is 6.21 Å². The Hall–Kier alpha value is -3.80. The number of nitrogens with zero attached hydrogens (tertiary/aromatic N) is 3. The van der Waals surface area contributed by atoms with Gasteiger partial charge in [0.25, 0.3) is 5.91 Å². The van der Waals surface area contributed by atoms with Crippen molar-refractivity contribution in [1.29, 1.82) is 0 Å². The quantitative estimate of drug-likeness (QED) is 0.577. The average molecular weight is 356 g/mol. The molecule has 1 N–H and O–H groups in total. The van der Waals surface area contributed by atoms with Crippen LogP contribution in [0.1, 0.15) is 16.7 Å². The molecule has 0 atom stereocenters. The summed E-state index contributed by atoms with van der Waals surface area (Å²) in [6.45, 7) is 0. The number of carbonyl (C=O) groups is 2. The largest absolute Gasteiger partial charge is 0.346 e. The highest BCUT2D eigenvalue weighted by molar-refractivity contribution is 6.09. The van der Waals surface area contributed by atoms with Crippen molar-refractivity contribution in [2.45, 2.75) is 5.54 Å². The maximum atomic E-state index is 13.4. The molecule has 3 amide bonds. The first kappa shape index (κ1) is 16.7. The Morgan fingerprint density at radius 2 is 1.41 bits per heavy atom. The van der Waals surface area contributed by atoms with E-state index in [1.54, 1.807) is 24.5 Å². The Morgan fingerprint density at radius 1 is 0.852 bits per heavy atom. The van der Waals surface area contributed by atoms with Gasteiger partial charge in [0.1, 0.15) is 0 Å². The van der Waals surface area contributed by atoms with Crippen LogP contribution in [0.5, 0.6) is 0 Å². The van der Waals surface area contributed by atoms with Crippen LogP contribution in [0, 0.1) is 0 Å². The van der Waals surface area contributed by atoms with Crippen molar-refractivity contribution >= 4 is 18.2 Å². The number of hydrazone groups is 1. The summed E-state index contributed by atoms with van der Waals surface area (Å²) in [6.07, 6.45) is 4.70. The number of rotatable bonds is 4. The second-order valence-electron chi connectivity index (χ2n) is 6.05. The molecule has 0 saturated carbocycles. The summed E-state index contributed by atoms with van der Waals surface area (Å²) >= 11 is 0. The lowest BCUT2D eigenvalue weighted by Gasteiger charge is -2.27. The molecule has 27 heavy (non-hydrogen) atoms. The molecule has 0 unspecified atom stereocenters. The van der Waals surface area contributed by atoms with Crippen LogP contribution in [0.2, 0.25) is 0 Å². The molecule has 1 aliphatic heterocycles. The Labute approximate surface area is 156 Å². The number of pyridine rings is 1. The molecule has 0 spiro atoms. The number of carbonyl (C=O) groups excluding carboxylic acids is 2. The third kappa shape index (κ3) is 2.87. The number of hydrogen-bond acceptors (Lipinski definition) is 4. The Morgan fingerprint density at radius 3 is 1.96 bits per heavy atom. The summed E-state index contributed by atoms with van der Waals surface area (Å²) in [5.74, 6) is -0.449. The van der Waals surface area contributed by atoms with Gasteiger partial charge in [0, 0.05) is 12.4 Å². The molecule has 1 fully saturated rings. The zero-order valence-electron chi connectivity index (χ0n) is 14.3. The van der Waals surface area contributed by atoms with Gasteiger partial charge < -0.3 is 5.32 Å². The number of imide groups is 1. The predicted molar refractivity (Wildman–Crippen MR) is 101 cm³/mol. The molecule has 0 aliphatic carbocycles. The van der Waals surface area contributed by atoms with Gasteiger partial charge in [0.15, 0.2) is 5.54 Å². The number of aromatic nitrogens is 1. The van der Waals surface area contributed by atoms with Crippen LogP contribution in [0.3, 0.4) is 0 Å². The van der Waals surface area contributed by atoms with E-state index in [-0.39, 0.29) is 0 Å². The molecule has 4 rings (SSSR count). The van der Waals surface area contributed by atoms with E-state index in [4.69, 9.17) is 0 Å². The molecule has 1 saturated heterocycles. The Balaban J connectivity index is 1.78. The van der Waals surface area contributed by atoms with Crippen molar-refractivity contribution < 1.29 is 9.59 Å².